The van der Waals surface area contributed by atoms with Crippen LogP contribution in [-0.2, 0) is 27.7 Å². The largest absolute Gasteiger partial charge is 0.355 e. The van der Waals surface area contributed by atoms with E-state index in [4.69, 9.17) is 5.14 Å². The van der Waals surface area contributed by atoms with Crippen LogP contribution < -0.4 is 10.5 Å². The zero-order chi connectivity index (χ0) is 19.4. The summed E-state index contributed by atoms with van der Waals surface area (Å²) in [6.07, 6.45) is 2.64. The average molecular weight is 408 g/mol. The highest BCUT2D eigenvalue weighted by molar-refractivity contribution is 7.89. The minimum Gasteiger partial charge on any atom is -0.355 e. The van der Waals surface area contributed by atoms with Gasteiger partial charge in [-0.25, -0.2) is 13.6 Å². The number of sulfonamides is 1. The van der Waals surface area contributed by atoms with Gasteiger partial charge in [-0.05, 0) is 54.0 Å². The zero-order valence-corrected chi connectivity index (χ0v) is 17.0. The molecule has 0 saturated carbocycles. The summed E-state index contributed by atoms with van der Waals surface area (Å²) < 4.78 is 22.5. The van der Waals surface area contributed by atoms with Gasteiger partial charge in [0.25, 0.3) is 0 Å². The van der Waals surface area contributed by atoms with E-state index in [0.717, 1.165) is 24.9 Å². The predicted octanol–water partition coefficient (Wildman–Crippen LogP) is 2.06. The Bertz CT molecular complexity index is 891. The highest BCUT2D eigenvalue weighted by Gasteiger charge is 2.27. The Labute approximate surface area is 164 Å². The number of hydrogen-bond donors (Lipinski definition) is 2. The van der Waals surface area contributed by atoms with E-state index < -0.39 is 10.0 Å². The molecule has 0 spiro atoms. The van der Waals surface area contributed by atoms with E-state index in [1.807, 2.05) is 0 Å². The van der Waals surface area contributed by atoms with E-state index in [1.54, 1.807) is 23.5 Å². The summed E-state index contributed by atoms with van der Waals surface area (Å²) in [7, 11) is -3.67. The lowest BCUT2D eigenvalue weighted by molar-refractivity contribution is -0.122. The maximum atomic E-state index is 12.4. The number of carbonyl (C=O) groups excluding carboxylic acids is 1. The summed E-state index contributed by atoms with van der Waals surface area (Å²) >= 11 is 1.81. The highest BCUT2D eigenvalue weighted by atomic mass is 32.2. The first kappa shape index (κ1) is 20.0. The van der Waals surface area contributed by atoms with Crippen molar-refractivity contribution in [3.05, 3.63) is 51.7 Å². The van der Waals surface area contributed by atoms with Crippen molar-refractivity contribution in [3.63, 3.8) is 0 Å². The molecule has 1 aromatic heterocycles. The van der Waals surface area contributed by atoms with Crippen molar-refractivity contribution in [1.82, 2.24) is 10.2 Å². The van der Waals surface area contributed by atoms with Crippen LogP contribution in [0.1, 0.15) is 35.4 Å². The molecular formula is C19H25N3O3S2. The fourth-order valence-corrected chi connectivity index (χ4v) is 4.99. The first-order valence-electron chi connectivity index (χ1n) is 9.07. The number of nitrogens with two attached hydrogens (primary N) is 1. The Kier molecular flexibility index (Phi) is 6.31. The second-order valence-electron chi connectivity index (χ2n) is 6.73. The Balaban J connectivity index is 1.49. The Morgan fingerprint density at radius 2 is 2.04 bits per heavy atom. The van der Waals surface area contributed by atoms with E-state index in [-0.39, 0.29) is 10.8 Å². The quantitative estimate of drug-likeness (QED) is 0.735. The average Bonchev–Trinajstić information content (AvgIpc) is 3.10. The number of carbonyl (C=O) groups is 1. The number of nitrogens with zero attached hydrogens (tertiary/aromatic N) is 1. The molecule has 1 amide bonds. The SMILES string of the molecule is CCC1c2ccsc2CCN1CC(=O)NCCc1ccc(S(N)(=O)=O)cc1. The minimum absolute atomic E-state index is 0.0216. The molecule has 3 rings (SSSR count). The molecule has 0 saturated heterocycles. The smallest absolute Gasteiger partial charge is 0.238 e. The molecule has 8 heteroatoms. The van der Waals surface area contributed by atoms with Crippen LogP contribution in [0.2, 0.25) is 0 Å². The highest BCUT2D eigenvalue weighted by Crippen LogP contribution is 2.34. The first-order chi connectivity index (χ1) is 12.9. The molecular weight excluding hydrogens is 382 g/mol. The van der Waals surface area contributed by atoms with Gasteiger partial charge in [0.05, 0.1) is 11.4 Å². The third-order valence-electron chi connectivity index (χ3n) is 4.93. The van der Waals surface area contributed by atoms with Gasteiger partial charge >= 0.3 is 0 Å². The summed E-state index contributed by atoms with van der Waals surface area (Å²) in [5.74, 6) is 0.0216. The molecule has 2 aromatic rings. The summed E-state index contributed by atoms with van der Waals surface area (Å²) in [5.41, 5.74) is 2.33. The first-order valence-corrected chi connectivity index (χ1v) is 11.5. The van der Waals surface area contributed by atoms with E-state index in [0.29, 0.717) is 25.6 Å². The topological polar surface area (TPSA) is 92.5 Å². The molecule has 1 aliphatic rings. The number of amides is 1. The second-order valence-corrected chi connectivity index (χ2v) is 9.29. The fourth-order valence-electron chi connectivity index (χ4n) is 3.55. The number of thiophene rings is 1. The number of rotatable bonds is 7. The van der Waals surface area contributed by atoms with Gasteiger partial charge < -0.3 is 5.32 Å². The van der Waals surface area contributed by atoms with E-state index in [9.17, 15) is 13.2 Å². The van der Waals surface area contributed by atoms with Gasteiger partial charge in [0.2, 0.25) is 15.9 Å². The second kappa shape index (κ2) is 8.52. The van der Waals surface area contributed by atoms with Crippen molar-refractivity contribution in [2.45, 2.75) is 37.1 Å². The third-order valence-corrected chi connectivity index (χ3v) is 6.85. The molecule has 27 heavy (non-hydrogen) atoms. The molecule has 146 valence electrons. The molecule has 2 heterocycles. The normalized spacial score (nSPS) is 17.5. The minimum atomic E-state index is -3.67. The van der Waals surface area contributed by atoms with Crippen LogP contribution in [0.25, 0.3) is 0 Å². The molecule has 3 N–H and O–H groups in total. The van der Waals surface area contributed by atoms with Gasteiger partial charge in [0.15, 0.2) is 0 Å². The van der Waals surface area contributed by atoms with Gasteiger partial charge in [-0.3, -0.25) is 9.69 Å². The van der Waals surface area contributed by atoms with E-state index in [2.05, 4.69) is 28.6 Å². The summed E-state index contributed by atoms with van der Waals surface area (Å²) in [4.78, 5) is 16.1. The molecule has 0 radical (unpaired) electrons. The molecule has 1 unspecified atom stereocenters. The van der Waals surface area contributed by atoms with Crippen molar-refractivity contribution in [1.29, 1.82) is 0 Å². The van der Waals surface area contributed by atoms with Crippen LogP contribution >= 0.6 is 11.3 Å². The molecule has 0 bridgehead atoms. The van der Waals surface area contributed by atoms with Crippen molar-refractivity contribution in [2.24, 2.45) is 5.14 Å². The van der Waals surface area contributed by atoms with Crippen molar-refractivity contribution < 1.29 is 13.2 Å². The standard InChI is InChI=1S/C19H25N3O3S2/c1-2-17-16-9-12-26-18(16)8-11-22(17)13-19(23)21-10-7-14-3-5-15(6-4-14)27(20,24)25/h3-6,9,12,17H,2,7-8,10-11,13H2,1H3,(H,21,23)(H2,20,24,25). The van der Waals surface area contributed by atoms with Gasteiger partial charge in [-0.2, -0.15) is 0 Å². The van der Waals surface area contributed by atoms with E-state index >= 15 is 0 Å². The lowest BCUT2D eigenvalue weighted by Gasteiger charge is -2.34. The van der Waals surface area contributed by atoms with Gasteiger partial charge in [-0.15, -0.1) is 11.3 Å². The lowest BCUT2D eigenvalue weighted by atomic mass is 9.98. The monoisotopic (exact) mass is 407 g/mol. The van der Waals surface area contributed by atoms with Crippen molar-refractivity contribution in [2.75, 3.05) is 19.6 Å². The maximum Gasteiger partial charge on any atom is 0.238 e. The Morgan fingerprint density at radius 3 is 2.70 bits per heavy atom. The number of hydrogen-bond acceptors (Lipinski definition) is 5. The Hall–Kier alpha value is -1.74. The molecule has 1 aromatic carbocycles. The number of fused-ring (bicyclic) bond motifs is 1. The summed E-state index contributed by atoms with van der Waals surface area (Å²) in [5, 5.41) is 10.2. The number of benzene rings is 1. The van der Waals surface area contributed by atoms with Crippen LogP contribution in [0, 0.1) is 0 Å². The Morgan fingerprint density at radius 1 is 1.30 bits per heavy atom. The van der Waals surface area contributed by atoms with Gasteiger partial charge in [-0.1, -0.05) is 19.1 Å². The molecule has 1 aliphatic heterocycles. The van der Waals surface area contributed by atoms with Crippen LogP contribution in [0.3, 0.4) is 0 Å². The van der Waals surface area contributed by atoms with Crippen molar-refractivity contribution >= 4 is 27.3 Å². The van der Waals surface area contributed by atoms with Gasteiger partial charge in [0, 0.05) is 24.0 Å². The lowest BCUT2D eigenvalue weighted by Crippen LogP contribution is -2.42. The third kappa shape index (κ3) is 4.95. The van der Waals surface area contributed by atoms with Crippen LogP contribution in [0.5, 0.6) is 0 Å². The number of nitrogens with one attached hydrogen (secondary N) is 1. The van der Waals surface area contributed by atoms with Gasteiger partial charge in [0.1, 0.15) is 0 Å². The predicted molar refractivity (Wildman–Crippen MR) is 107 cm³/mol. The maximum absolute atomic E-state index is 12.4. The van der Waals surface area contributed by atoms with Crippen molar-refractivity contribution in [3.8, 4) is 0 Å². The summed E-state index contributed by atoms with van der Waals surface area (Å²) in [6.45, 7) is 3.99. The zero-order valence-electron chi connectivity index (χ0n) is 15.3. The van der Waals surface area contributed by atoms with E-state index in [1.165, 1.54) is 22.6 Å². The fraction of sp³-hybridized carbons (Fsp3) is 0.421. The molecule has 1 atom stereocenters. The van der Waals surface area contributed by atoms with Crippen LogP contribution in [0.4, 0.5) is 0 Å². The van der Waals surface area contributed by atoms with Crippen LogP contribution in [-0.4, -0.2) is 38.9 Å². The molecule has 6 nitrogen and oxygen atoms in total. The van der Waals surface area contributed by atoms with Crippen LogP contribution in [0.15, 0.2) is 40.6 Å². The number of primary sulfonamides is 1. The summed E-state index contributed by atoms with van der Waals surface area (Å²) in [6, 6.07) is 8.93. The molecule has 0 fully saturated rings. The molecule has 0 aliphatic carbocycles.